The van der Waals surface area contributed by atoms with Gasteiger partial charge in [0.2, 0.25) is 11.9 Å². The van der Waals surface area contributed by atoms with Gasteiger partial charge in [0, 0.05) is 25.0 Å². The van der Waals surface area contributed by atoms with E-state index in [9.17, 15) is 9.59 Å². The SMILES string of the molecule is CNC(=O)c1sccc1Nc1nc(Nc2cc3c(cc2OC)C[C@@H](C)N3C(=O)CN(C)C)nc2[nH]ccc12. The molecule has 0 spiro atoms. The van der Waals surface area contributed by atoms with Crippen molar-refractivity contribution in [2.75, 3.05) is 50.3 Å². The predicted octanol–water partition coefficient (Wildman–Crippen LogP) is 3.71. The molecule has 4 heterocycles. The number of ether oxygens (including phenoxy) is 1. The number of thiophene rings is 1. The summed E-state index contributed by atoms with van der Waals surface area (Å²) in [5, 5.41) is 11.9. The number of fused-ring (bicyclic) bond motifs is 2. The second-order valence-corrected chi connectivity index (χ2v) is 10.3. The zero-order chi connectivity index (χ0) is 27.0. The average Bonchev–Trinajstić information content (AvgIpc) is 3.60. The van der Waals surface area contributed by atoms with E-state index in [0.717, 1.165) is 23.1 Å². The van der Waals surface area contributed by atoms with Crippen LogP contribution in [0.25, 0.3) is 11.0 Å². The summed E-state index contributed by atoms with van der Waals surface area (Å²) in [6.45, 7) is 2.37. The number of amides is 2. The normalized spacial score (nSPS) is 14.6. The lowest BCUT2D eigenvalue weighted by molar-refractivity contribution is -0.119. The van der Waals surface area contributed by atoms with Gasteiger partial charge in [0.05, 0.1) is 30.4 Å². The number of H-pyrrole nitrogens is 1. The molecule has 0 aliphatic carbocycles. The van der Waals surface area contributed by atoms with Crippen molar-refractivity contribution in [3.8, 4) is 5.75 Å². The molecule has 12 heteroatoms. The zero-order valence-electron chi connectivity index (χ0n) is 21.9. The first-order valence-electron chi connectivity index (χ1n) is 12.2. The lowest BCUT2D eigenvalue weighted by Gasteiger charge is -2.25. The molecule has 0 saturated heterocycles. The van der Waals surface area contributed by atoms with Crippen LogP contribution in [0.1, 0.15) is 22.2 Å². The highest BCUT2D eigenvalue weighted by atomic mass is 32.1. The number of carbonyl (C=O) groups is 2. The van der Waals surface area contributed by atoms with E-state index < -0.39 is 0 Å². The standard InChI is InChI=1S/C26H30N8O3S/c1-14-10-15-11-20(37-5)18(12-19(15)34(14)21(35)13-33(3)4)30-26-31-23-16(6-8-28-23)24(32-26)29-17-7-9-38-22(17)25(36)27-2/h6-9,11-12,14H,10,13H2,1-5H3,(H,27,36)(H3,28,29,30,31,32)/t14-/m1/s1. The van der Waals surface area contributed by atoms with Crippen LogP contribution in [0.15, 0.2) is 35.8 Å². The Balaban J connectivity index is 1.51. The molecule has 4 aromatic rings. The number of methoxy groups -OCH3 is 1. The number of benzene rings is 1. The monoisotopic (exact) mass is 534 g/mol. The number of nitrogens with zero attached hydrogens (tertiary/aromatic N) is 4. The van der Waals surface area contributed by atoms with Gasteiger partial charge < -0.3 is 35.5 Å². The minimum atomic E-state index is -0.175. The Morgan fingerprint density at radius 1 is 1.21 bits per heavy atom. The van der Waals surface area contributed by atoms with Gasteiger partial charge in [0.1, 0.15) is 22.1 Å². The molecule has 0 saturated carbocycles. The molecule has 1 atom stereocenters. The Hall–Kier alpha value is -4.16. The van der Waals surface area contributed by atoms with Gasteiger partial charge in [0.25, 0.3) is 5.91 Å². The highest BCUT2D eigenvalue weighted by molar-refractivity contribution is 7.12. The van der Waals surface area contributed by atoms with Crippen molar-refractivity contribution in [3.05, 3.63) is 46.3 Å². The molecule has 0 radical (unpaired) electrons. The van der Waals surface area contributed by atoms with E-state index in [4.69, 9.17) is 9.72 Å². The van der Waals surface area contributed by atoms with Crippen molar-refractivity contribution in [3.63, 3.8) is 0 Å². The van der Waals surface area contributed by atoms with E-state index in [1.807, 2.05) is 60.5 Å². The third kappa shape index (κ3) is 4.75. The number of likely N-dealkylation sites (N-methyl/N-ethyl adjacent to an activating group) is 1. The molecule has 5 rings (SSSR count). The maximum Gasteiger partial charge on any atom is 0.263 e. The van der Waals surface area contributed by atoms with Crippen molar-refractivity contribution in [1.29, 1.82) is 0 Å². The number of anilines is 5. The van der Waals surface area contributed by atoms with E-state index in [0.29, 0.717) is 46.0 Å². The first kappa shape index (κ1) is 25.5. The first-order valence-corrected chi connectivity index (χ1v) is 13.0. The molecule has 2 amide bonds. The molecule has 4 N–H and O–H groups in total. The molecule has 1 aliphatic rings. The van der Waals surface area contributed by atoms with Gasteiger partial charge in [-0.1, -0.05) is 0 Å². The second-order valence-electron chi connectivity index (χ2n) is 9.36. The molecule has 11 nitrogen and oxygen atoms in total. The fourth-order valence-electron chi connectivity index (χ4n) is 4.68. The lowest BCUT2D eigenvalue weighted by Crippen LogP contribution is -2.41. The van der Waals surface area contributed by atoms with Crippen LogP contribution in [0.2, 0.25) is 0 Å². The van der Waals surface area contributed by atoms with Gasteiger partial charge in [-0.15, -0.1) is 11.3 Å². The predicted molar refractivity (Wildman–Crippen MR) is 150 cm³/mol. The van der Waals surface area contributed by atoms with Gasteiger partial charge in [-0.05, 0) is 62.6 Å². The average molecular weight is 535 g/mol. The Labute approximate surface area is 224 Å². The molecular weight excluding hydrogens is 504 g/mol. The summed E-state index contributed by atoms with van der Waals surface area (Å²) in [4.78, 5) is 42.1. The van der Waals surface area contributed by atoms with Gasteiger partial charge in [-0.25, -0.2) is 0 Å². The Bertz CT molecular complexity index is 1510. The number of carbonyl (C=O) groups excluding carboxylic acids is 2. The molecule has 1 aliphatic heterocycles. The fraction of sp³-hybridized carbons (Fsp3) is 0.308. The number of rotatable bonds is 8. The van der Waals surface area contributed by atoms with Gasteiger partial charge in [-0.2, -0.15) is 9.97 Å². The van der Waals surface area contributed by atoms with Crippen LogP contribution in [0, 0.1) is 0 Å². The highest BCUT2D eigenvalue weighted by Gasteiger charge is 2.32. The van der Waals surface area contributed by atoms with Crippen LogP contribution in [0.4, 0.5) is 28.8 Å². The Kier molecular flexibility index (Phi) is 6.91. The molecule has 198 valence electrons. The molecule has 38 heavy (non-hydrogen) atoms. The maximum atomic E-state index is 13.0. The number of nitrogens with one attached hydrogen (secondary N) is 4. The van der Waals surface area contributed by atoms with Crippen LogP contribution < -0.4 is 25.6 Å². The first-order chi connectivity index (χ1) is 18.3. The molecular formula is C26H30N8O3S. The van der Waals surface area contributed by atoms with Crippen molar-refractivity contribution < 1.29 is 14.3 Å². The van der Waals surface area contributed by atoms with E-state index in [-0.39, 0.29) is 17.9 Å². The second kappa shape index (κ2) is 10.3. The minimum absolute atomic E-state index is 0.0376. The summed E-state index contributed by atoms with van der Waals surface area (Å²) >= 11 is 1.35. The van der Waals surface area contributed by atoms with Crippen LogP contribution >= 0.6 is 11.3 Å². The number of hydrogen-bond donors (Lipinski definition) is 4. The van der Waals surface area contributed by atoms with Crippen molar-refractivity contribution in [2.45, 2.75) is 19.4 Å². The highest BCUT2D eigenvalue weighted by Crippen LogP contribution is 2.41. The van der Waals surface area contributed by atoms with E-state index in [1.165, 1.54) is 11.3 Å². The number of aromatic amines is 1. The molecule has 0 fully saturated rings. The summed E-state index contributed by atoms with van der Waals surface area (Å²) in [6.07, 6.45) is 2.53. The maximum absolute atomic E-state index is 13.0. The van der Waals surface area contributed by atoms with E-state index in [2.05, 4.69) is 25.9 Å². The smallest absolute Gasteiger partial charge is 0.263 e. The summed E-state index contributed by atoms with van der Waals surface area (Å²) in [6, 6.07) is 7.64. The molecule has 0 unspecified atom stereocenters. The van der Waals surface area contributed by atoms with Crippen LogP contribution in [-0.2, 0) is 11.2 Å². The largest absolute Gasteiger partial charge is 0.495 e. The molecule has 1 aromatic carbocycles. The van der Waals surface area contributed by atoms with E-state index >= 15 is 0 Å². The summed E-state index contributed by atoms with van der Waals surface area (Å²) < 4.78 is 5.68. The van der Waals surface area contributed by atoms with Crippen LogP contribution in [-0.4, -0.2) is 72.5 Å². The van der Waals surface area contributed by atoms with Crippen molar-refractivity contribution in [2.24, 2.45) is 0 Å². The van der Waals surface area contributed by atoms with Crippen LogP contribution in [0.3, 0.4) is 0 Å². The topological polar surface area (TPSA) is 128 Å². The Morgan fingerprint density at radius 3 is 2.76 bits per heavy atom. The quantitative estimate of drug-likeness (QED) is 0.269. The van der Waals surface area contributed by atoms with Gasteiger partial charge >= 0.3 is 0 Å². The van der Waals surface area contributed by atoms with Gasteiger partial charge in [0.15, 0.2) is 0 Å². The summed E-state index contributed by atoms with van der Waals surface area (Å²) in [7, 11) is 6.98. The van der Waals surface area contributed by atoms with Crippen molar-refractivity contribution in [1.82, 2.24) is 25.2 Å². The zero-order valence-corrected chi connectivity index (χ0v) is 22.7. The number of aromatic nitrogens is 3. The lowest BCUT2D eigenvalue weighted by atomic mass is 10.1. The summed E-state index contributed by atoms with van der Waals surface area (Å²) in [5.74, 6) is 1.36. The fourth-order valence-corrected chi connectivity index (χ4v) is 5.47. The van der Waals surface area contributed by atoms with E-state index in [1.54, 1.807) is 20.4 Å². The third-order valence-corrected chi connectivity index (χ3v) is 7.26. The molecule has 0 bridgehead atoms. The van der Waals surface area contributed by atoms with Crippen molar-refractivity contribution >= 4 is 63.0 Å². The minimum Gasteiger partial charge on any atom is -0.495 e. The van der Waals surface area contributed by atoms with Crippen LogP contribution in [0.5, 0.6) is 5.75 Å². The summed E-state index contributed by atoms with van der Waals surface area (Å²) in [5.41, 5.74) is 3.81. The number of hydrogen-bond acceptors (Lipinski definition) is 9. The van der Waals surface area contributed by atoms with Gasteiger partial charge in [-0.3, -0.25) is 9.59 Å². The Morgan fingerprint density at radius 2 is 2.03 bits per heavy atom. The third-order valence-electron chi connectivity index (χ3n) is 6.35. The molecule has 3 aromatic heterocycles.